The van der Waals surface area contributed by atoms with E-state index in [1.807, 2.05) is 0 Å². The second-order valence-corrected chi connectivity index (χ2v) is 0. The van der Waals surface area contributed by atoms with Crippen LogP contribution in [0.25, 0.3) is 0 Å². The zero-order valence-corrected chi connectivity index (χ0v) is 4.28. The SMILES string of the molecule is O.O.O.O.[O]=[Pd]. The summed E-state index contributed by atoms with van der Waals surface area (Å²) in [5, 5.41) is 0. The fourth-order valence-electron chi connectivity index (χ4n) is 0. The van der Waals surface area contributed by atoms with Crippen LogP contribution in [-0.4, -0.2) is 21.9 Å². The first-order valence-corrected chi connectivity index (χ1v) is 0.764. The number of hydrogen-bond acceptors (Lipinski definition) is 1. The second-order valence-electron chi connectivity index (χ2n) is 0. The minimum atomic E-state index is 0. The Bertz CT molecular complexity index is 3.90. The molecule has 0 saturated carbocycles. The van der Waals surface area contributed by atoms with Gasteiger partial charge in [0.05, 0.1) is 0 Å². The molecule has 0 amide bonds. The Morgan fingerprint density at radius 1 is 0.667 bits per heavy atom. The van der Waals surface area contributed by atoms with E-state index in [4.69, 9.17) is 3.47 Å². The van der Waals surface area contributed by atoms with Crippen LogP contribution in [0.4, 0.5) is 0 Å². The average molecular weight is 194 g/mol. The Balaban J connectivity index is -0.000000000833. The average Bonchev–Trinajstić information content (AvgIpc) is 1.00. The van der Waals surface area contributed by atoms with E-state index in [0.717, 1.165) is 0 Å². The molecule has 0 aromatic carbocycles. The molecule has 0 bridgehead atoms. The van der Waals surface area contributed by atoms with E-state index in [-0.39, 0.29) is 21.9 Å². The van der Waals surface area contributed by atoms with E-state index in [2.05, 4.69) is 0 Å². The third-order valence-electron chi connectivity index (χ3n) is 0. The summed E-state index contributed by atoms with van der Waals surface area (Å²) in [6.07, 6.45) is 0. The van der Waals surface area contributed by atoms with Gasteiger partial charge >= 0.3 is 22.6 Å². The van der Waals surface area contributed by atoms with Gasteiger partial charge in [-0.2, -0.15) is 0 Å². The monoisotopic (exact) mass is 194 g/mol. The zero-order valence-electron chi connectivity index (χ0n) is 2.72. The normalized spacial score (nSPS) is 1.00. The van der Waals surface area contributed by atoms with Crippen molar-refractivity contribution in [3.05, 3.63) is 0 Å². The van der Waals surface area contributed by atoms with Crippen molar-refractivity contribution in [3.63, 3.8) is 0 Å². The molecule has 0 heterocycles. The van der Waals surface area contributed by atoms with E-state index in [0.29, 0.717) is 0 Å². The predicted octanol–water partition coefficient (Wildman–Crippen LogP) is -3.42. The Morgan fingerprint density at radius 2 is 0.667 bits per heavy atom. The summed E-state index contributed by atoms with van der Waals surface area (Å²) in [7, 11) is 0. The third kappa shape index (κ3) is 513. The van der Waals surface area contributed by atoms with Crippen molar-refractivity contribution in [1.82, 2.24) is 0 Å². The summed E-state index contributed by atoms with van der Waals surface area (Å²) < 4.78 is 8.10. The van der Waals surface area contributed by atoms with Crippen molar-refractivity contribution in [2.75, 3.05) is 0 Å². The summed E-state index contributed by atoms with van der Waals surface area (Å²) in [4.78, 5) is 0. The van der Waals surface area contributed by atoms with Gasteiger partial charge in [-0.15, -0.1) is 0 Å². The predicted molar refractivity (Wildman–Crippen MR) is 15.1 cm³/mol. The first-order chi connectivity index (χ1) is 1.00. The summed E-state index contributed by atoms with van der Waals surface area (Å²) in [6, 6.07) is 0. The molecule has 0 aliphatic rings. The number of rotatable bonds is 0. The Labute approximate surface area is 45.3 Å². The van der Waals surface area contributed by atoms with Gasteiger partial charge in [-0.1, -0.05) is 0 Å². The molecular formula is H8O5Pd. The van der Waals surface area contributed by atoms with Crippen molar-refractivity contribution >= 4 is 0 Å². The van der Waals surface area contributed by atoms with Crippen LogP contribution < -0.4 is 0 Å². The van der Waals surface area contributed by atoms with Crippen molar-refractivity contribution in [1.29, 1.82) is 0 Å². The summed E-state index contributed by atoms with van der Waals surface area (Å²) in [6.45, 7) is 0. The molecule has 0 radical (unpaired) electrons. The molecule has 48 valence electrons. The van der Waals surface area contributed by atoms with Crippen LogP contribution in [0, 0.1) is 0 Å². The summed E-state index contributed by atoms with van der Waals surface area (Å²) in [5.74, 6) is 0. The molecule has 0 aromatic heterocycles. The molecule has 5 nitrogen and oxygen atoms in total. The molecule has 0 aliphatic carbocycles. The fourth-order valence-corrected chi connectivity index (χ4v) is 0. The van der Waals surface area contributed by atoms with Gasteiger partial charge in [0.2, 0.25) is 0 Å². The van der Waals surface area contributed by atoms with Crippen LogP contribution in [0.1, 0.15) is 0 Å². The molecule has 0 spiro atoms. The molecule has 0 saturated heterocycles. The second kappa shape index (κ2) is 1070. The van der Waals surface area contributed by atoms with Crippen LogP contribution in [0.15, 0.2) is 0 Å². The minimum absolute atomic E-state index is 0. The molecule has 0 atom stereocenters. The zero-order chi connectivity index (χ0) is 2.00. The van der Waals surface area contributed by atoms with Gasteiger partial charge in [-0.05, 0) is 0 Å². The van der Waals surface area contributed by atoms with Crippen LogP contribution in [0.3, 0.4) is 0 Å². The molecular weight excluding hydrogens is 186 g/mol. The maximum atomic E-state index is 8.10. The quantitative estimate of drug-likeness (QED) is 0.364. The third-order valence-corrected chi connectivity index (χ3v) is 0. The van der Waals surface area contributed by atoms with Crippen LogP contribution in [-0.2, 0) is 22.6 Å². The van der Waals surface area contributed by atoms with E-state index in [1.165, 1.54) is 19.2 Å². The first kappa shape index (κ1) is 104. The fraction of sp³-hybridized carbons (Fsp3) is 0. The van der Waals surface area contributed by atoms with E-state index < -0.39 is 0 Å². The van der Waals surface area contributed by atoms with Crippen LogP contribution in [0.5, 0.6) is 0 Å². The molecule has 0 unspecified atom stereocenters. The van der Waals surface area contributed by atoms with E-state index in [9.17, 15) is 0 Å². The van der Waals surface area contributed by atoms with Crippen molar-refractivity contribution < 1.29 is 44.5 Å². The Hall–Kier alpha value is 0.302. The van der Waals surface area contributed by atoms with Gasteiger partial charge in [0.25, 0.3) is 0 Å². The van der Waals surface area contributed by atoms with Gasteiger partial charge in [-0.3, -0.25) is 0 Å². The topological polar surface area (TPSA) is 143 Å². The van der Waals surface area contributed by atoms with E-state index in [1.54, 1.807) is 0 Å². The van der Waals surface area contributed by atoms with Gasteiger partial charge in [0.15, 0.2) is 0 Å². The van der Waals surface area contributed by atoms with Gasteiger partial charge < -0.3 is 21.9 Å². The van der Waals surface area contributed by atoms with Gasteiger partial charge in [0.1, 0.15) is 0 Å². The van der Waals surface area contributed by atoms with Crippen molar-refractivity contribution in [2.45, 2.75) is 0 Å². The Kier molecular flexibility index (Phi) is 18700. The van der Waals surface area contributed by atoms with Crippen molar-refractivity contribution in [2.24, 2.45) is 0 Å². The summed E-state index contributed by atoms with van der Waals surface area (Å²) in [5.41, 5.74) is 0. The molecule has 8 N–H and O–H groups in total. The maximum absolute atomic E-state index is 8.10. The Morgan fingerprint density at radius 3 is 0.667 bits per heavy atom. The first-order valence-electron chi connectivity index (χ1n) is 0.129. The van der Waals surface area contributed by atoms with Crippen LogP contribution in [0.2, 0.25) is 0 Å². The molecule has 0 rings (SSSR count). The van der Waals surface area contributed by atoms with Gasteiger partial charge in [-0.25, -0.2) is 0 Å². The molecule has 0 aromatic rings. The molecule has 6 heteroatoms. The van der Waals surface area contributed by atoms with Gasteiger partial charge in [0, 0.05) is 0 Å². The number of hydrogen-bond donors (Lipinski definition) is 0. The molecule has 0 aliphatic heterocycles. The summed E-state index contributed by atoms with van der Waals surface area (Å²) >= 11 is 1.50. The molecule has 6 heavy (non-hydrogen) atoms. The standard InChI is InChI=1S/4H2O.O.Pd/h4*1H2;;. The van der Waals surface area contributed by atoms with Crippen LogP contribution >= 0.6 is 0 Å². The van der Waals surface area contributed by atoms with E-state index >= 15 is 0 Å². The van der Waals surface area contributed by atoms with Crippen molar-refractivity contribution in [3.8, 4) is 0 Å². The molecule has 0 fully saturated rings.